The van der Waals surface area contributed by atoms with Gasteiger partial charge in [0.05, 0.1) is 0 Å². The molecule has 0 aliphatic rings. The highest BCUT2D eigenvalue weighted by Gasteiger charge is 2.18. The van der Waals surface area contributed by atoms with Crippen LogP contribution in [0.1, 0.15) is 58.2 Å². The first-order valence-corrected chi connectivity index (χ1v) is 13.0. The summed E-state index contributed by atoms with van der Waals surface area (Å²) in [6.07, 6.45) is 1.85. The molecule has 208 valence electrons. The molecule has 0 atom stereocenters. The van der Waals surface area contributed by atoms with Crippen molar-refractivity contribution >= 4 is 46.7 Å². The van der Waals surface area contributed by atoms with Crippen molar-refractivity contribution in [2.24, 2.45) is 0 Å². The zero-order valence-electron chi connectivity index (χ0n) is 23.4. The molecule has 0 bridgehead atoms. The van der Waals surface area contributed by atoms with E-state index in [0.29, 0.717) is 30.0 Å². The van der Waals surface area contributed by atoms with Gasteiger partial charge >= 0.3 is 12.2 Å². The van der Waals surface area contributed by atoms with Gasteiger partial charge in [0, 0.05) is 28.8 Å². The number of amides is 2. The van der Waals surface area contributed by atoms with Crippen LogP contribution in [0, 0.1) is 6.92 Å². The van der Waals surface area contributed by atoms with Gasteiger partial charge in [0.2, 0.25) is 5.28 Å². The fourth-order valence-corrected chi connectivity index (χ4v) is 3.74. The number of anilines is 4. The van der Waals surface area contributed by atoms with Crippen molar-refractivity contribution in [3.8, 4) is 0 Å². The maximum Gasteiger partial charge on any atom is 0.412 e. The van der Waals surface area contributed by atoms with E-state index in [0.717, 1.165) is 22.4 Å². The normalized spacial score (nSPS) is 11.5. The first kappa shape index (κ1) is 29.7. The Morgan fingerprint density at radius 2 is 1.54 bits per heavy atom. The monoisotopic (exact) mass is 553 g/mol. The summed E-state index contributed by atoms with van der Waals surface area (Å²) in [7, 11) is 0. The molecular formula is C29H36ClN5O4. The van der Waals surface area contributed by atoms with Gasteiger partial charge in [0.15, 0.2) is 0 Å². The third-order valence-corrected chi connectivity index (χ3v) is 5.38. The summed E-state index contributed by atoms with van der Waals surface area (Å²) in [6.45, 7) is 12.8. The van der Waals surface area contributed by atoms with Gasteiger partial charge in [-0.25, -0.2) is 19.6 Å². The van der Waals surface area contributed by atoms with Gasteiger partial charge in [0.1, 0.15) is 17.0 Å². The van der Waals surface area contributed by atoms with Crippen LogP contribution in [-0.2, 0) is 22.3 Å². The molecule has 0 aliphatic heterocycles. The van der Waals surface area contributed by atoms with Gasteiger partial charge in [-0.3, -0.25) is 10.6 Å². The Bertz CT molecular complexity index is 1330. The lowest BCUT2D eigenvalue weighted by Gasteiger charge is -2.21. The van der Waals surface area contributed by atoms with Crippen LogP contribution in [0.5, 0.6) is 0 Å². The maximum absolute atomic E-state index is 12.5. The molecule has 3 aromatic rings. The number of ether oxygens (including phenoxy) is 2. The summed E-state index contributed by atoms with van der Waals surface area (Å²) in [5.41, 5.74) is 3.56. The minimum Gasteiger partial charge on any atom is -0.444 e. The van der Waals surface area contributed by atoms with Crippen LogP contribution >= 0.6 is 11.6 Å². The van der Waals surface area contributed by atoms with E-state index < -0.39 is 23.4 Å². The predicted molar refractivity (Wildman–Crippen MR) is 155 cm³/mol. The molecule has 1 aromatic heterocycles. The Kier molecular flexibility index (Phi) is 9.40. The molecule has 10 heteroatoms. The second kappa shape index (κ2) is 12.3. The Morgan fingerprint density at radius 1 is 0.872 bits per heavy atom. The van der Waals surface area contributed by atoms with E-state index in [1.165, 1.54) is 0 Å². The molecule has 3 rings (SSSR count). The Labute approximate surface area is 234 Å². The molecule has 0 spiro atoms. The molecule has 3 N–H and O–H groups in total. The molecule has 9 nitrogen and oxygen atoms in total. The van der Waals surface area contributed by atoms with Crippen LogP contribution in [0.15, 0.2) is 48.7 Å². The van der Waals surface area contributed by atoms with E-state index in [1.807, 2.05) is 90.9 Å². The molecule has 0 unspecified atom stereocenters. The van der Waals surface area contributed by atoms with Crippen LogP contribution in [0.3, 0.4) is 0 Å². The quantitative estimate of drug-likeness (QED) is 0.257. The summed E-state index contributed by atoms with van der Waals surface area (Å²) in [5, 5.41) is 9.06. The summed E-state index contributed by atoms with van der Waals surface area (Å²) in [6, 6.07) is 13.2. The predicted octanol–water partition coefficient (Wildman–Crippen LogP) is 7.66. The minimum absolute atomic E-state index is 0.145. The van der Waals surface area contributed by atoms with E-state index >= 15 is 0 Å². The lowest BCUT2D eigenvalue weighted by Crippen LogP contribution is -2.27. The minimum atomic E-state index is -0.628. The smallest absolute Gasteiger partial charge is 0.412 e. The third-order valence-electron chi connectivity index (χ3n) is 5.20. The summed E-state index contributed by atoms with van der Waals surface area (Å²) >= 11 is 5.99. The first-order chi connectivity index (χ1) is 18.2. The van der Waals surface area contributed by atoms with Gasteiger partial charge in [-0.05, 0) is 114 Å². The molecule has 39 heavy (non-hydrogen) atoms. The highest BCUT2D eigenvalue weighted by Crippen LogP contribution is 2.27. The molecule has 0 saturated heterocycles. The average molecular weight is 554 g/mol. The molecule has 0 saturated carbocycles. The van der Waals surface area contributed by atoms with E-state index in [1.54, 1.807) is 6.20 Å². The fourth-order valence-electron chi connectivity index (χ4n) is 3.60. The number of carbonyl (C=O) groups is 2. The van der Waals surface area contributed by atoms with Gasteiger partial charge in [-0.1, -0.05) is 12.1 Å². The van der Waals surface area contributed by atoms with Crippen LogP contribution < -0.4 is 16.0 Å². The molecular weight excluding hydrogens is 518 g/mol. The summed E-state index contributed by atoms with van der Waals surface area (Å²) in [5.74, 6) is 0.592. The van der Waals surface area contributed by atoms with Crippen molar-refractivity contribution in [3.63, 3.8) is 0 Å². The van der Waals surface area contributed by atoms with Crippen molar-refractivity contribution in [1.82, 2.24) is 9.97 Å². The van der Waals surface area contributed by atoms with Crippen molar-refractivity contribution in [1.29, 1.82) is 0 Å². The average Bonchev–Trinajstić information content (AvgIpc) is 2.79. The number of nitrogens with one attached hydrogen (secondary N) is 3. The first-order valence-electron chi connectivity index (χ1n) is 12.6. The van der Waals surface area contributed by atoms with E-state index in [9.17, 15) is 9.59 Å². The Balaban J connectivity index is 1.81. The zero-order chi connectivity index (χ0) is 28.8. The highest BCUT2D eigenvalue weighted by molar-refractivity contribution is 6.28. The lowest BCUT2D eigenvalue weighted by atomic mass is 10.0. The number of benzene rings is 2. The molecule has 0 aliphatic carbocycles. The Morgan fingerprint density at radius 3 is 2.21 bits per heavy atom. The number of carbonyl (C=O) groups excluding carboxylic acids is 2. The van der Waals surface area contributed by atoms with Crippen molar-refractivity contribution in [2.45, 2.75) is 72.5 Å². The highest BCUT2D eigenvalue weighted by atomic mass is 35.5. The second-order valence-corrected chi connectivity index (χ2v) is 11.5. The summed E-state index contributed by atoms with van der Waals surface area (Å²) in [4.78, 5) is 33.0. The number of hydrogen-bond donors (Lipinski definition) is 3. The molecule has 2 amide bonds. The van der Waals surface area contributed by atoms with E-state index in [-0.39, 0.29) is 5.28 Å². The molecule has 0 fully saturated rings. The standard InChI is InChI=1S/C29H36ClN5O4/c1-18-17-31-25(30)35-24(18)32-22-13-14-23(34-27(37)39-29(5,6)7)20(16-22)12-11-19-9-8-10-21(15-19)33-26(36)38-28(2,3)4/h8-10,13-17H,11-12H2,1-7H3,(H,33,36)(H,34,37)(H,31,32,35). The van der Waals surface area contributed by atoms with Crippen LogP contribution in [0.25, 0.3) is 0 Å². The SMILES string of the molecule is Cc1cnc(Cl)nc1Nc1ccc(NC(=O)OC(C)(C)C)c(CCc2cccc(NC(=O)OC(C)(C)C)c2)c1. The topological polar surface area (TPSA) is 114 Å². The largest absolute Gasteiger partial charge is 0.444 e. The van der Waals surface area contributed by atoms with Gasteiger partial charge in [0.25, 0.3) is 0 Å². The van der Waals surface area contributed by atoms with Gasteiger partial charge in [-0.15, -0.1) is 0 Å². The number of nitrogens with zero attached hydrogens (tertiary/aromatic N) is 2. The Hall–Kier alpha value is -3.85. The van der Waals surface area contributed by atoms with Crippen molar-refractivity contribution < 1.29 is 19.1 Å². The number of halogens is 1. The van der Waals surface area contributed by atoms with Crippen LogP contribution in [-0.4, -0.2) is 33.4 Å². The van der Waals surface area contributed by atoms with E-state index in [4.69, 9.17) is 21.1 Å². The van der Waals surface area contributed by atoms with Crippen molar-refractivity contribution in [3.05, 3.63) is 70.6 Å². The maximum atomic E-state index is 12.5. The van der Waals surface area contributed by atoms with Gasteiger partial charge < -0.3 is 14.8 Å². The number of hydrogen-bond acceptors (Lipinski definition) is 7. The van der Waals surface area contributed by atoms with Crippen molar-refractivity contribution in [2.75, 3.05) is 16.0 Å². The van der Waals surface area contributed by atoms with Crippen LogP contribution in [0.2, 0.25) is 5.28 Å². The fraction of sp³-hybridized carbons (Fsp3) is 0.379. The molecule has 1 heterocycles. The third kappa shape index (κ3) is 10.1. The number of rotatable bonds is 7. The summed E-state index contributed by atoms with van der Waals surface area (Å²) < 4.78 is 10.8. The van der Waals surface area contributed by atoms with Gasteiger partial charge in [-0.2, -0.15) is 0 Å². The molecule has 2 aromatic carbocycles. The molecule has 0 radical (unpaired) electrons. The van der Waals surface area contributed by atoms with E-state index in [2.05, 4.69) is 25.9 Å². The zero-order valence-corrected chi connectivity index (χ0v) is 24.2. The number of aryl methyl sites for hydroxylation is 3. The van der Waals surface area contributed by atoms with Crippen LogP contribution in [0.4, 0.5) is 32.5 Å². The lowest BCUT2D eigenvalue weighted by molar-refractivity contribution is 0.0624. The second-order valence-electron chi connectivity index (χ2n) is 11.1. The number of aromatic nitrogens is 2.